The summed E-state index contributed by atoms with van der Waals surface area (Å²) in [5, 5.41) is 19.6. The van der Waals surface area contributed by atoms with Crippen molar-refractivity contribution in [2.75, 3.05) is 0 Å². The van der Waals surface area contributed by atoms with Crippen molar-refractivity contribution in [2.45, 2.75) is 6.92 Å². The first-order chi connectivity index (χ1) is 9.52. The molecular formula is C14H9FN2O3. The highest BCUT2D eigenvalue weighted by Crippen LogP contribution is 2.35. The molecule has 0 aliphatic carbocycles. The number of para-hydroxylation sites is 1. The van der Waals surface area contributed by atoms with Crippen LogP contribution in [0.3, 0.4) is 0 Å². The summed E-state index contributed by atoms with van der Waals surface area (Å²) in [6.07, 6.45) is 0. The number of nitro groups is 1. The van der Waals surface area contributed by atoms with E-state index in [1.807, 2.05) is 0 Å². The first-order valence-electron chi connectivity index (χ1n) is 5.64. The number of aryl methyl sites for hydroxylation is 1. The van der Waals surface area contributed by atoms with Gasteiger partial charge in [0, 0.05) is 6.07 Å². The second kappa shape index (κ2) is 5.36. The Bertz CT molecular complexity index is 723. The van der Waals surface area contributed by atoms with Crippen LogP contribution in [0.5, 0.6) is 11.5 Å². The van der Waals surface area contributed by atoms with Crippen LogP contribution >= 0.6 is 0 Å². The van der Waals surface area contributed by atoms with Crippen LogP contribution in [0.2, 0.25) is 0 Å². The molecule has 0 bridgehead atoms. The molecule has 20 heavy (non-hydrogen) atoms. The van der Waals surface area contributed by atoms with Crippen LogP contribution in [0.25, 0.3) is 0 Å². The van der Waals surface area contributed by atoms with Crippen molar-refractivity contribution in [3.05, 3.63) is 63.5 Å². The summed E-state index contributed by atoms with van der Waals surface area (Å²) in [6, 6.07) is 9.89. The average Bonchev–Trinajstić information content (AvgIpc) is 2.42. The van der Waals surface area contributed by atoms with Gasteiger partial charge in [-0.3, -0.25) is 10.1 Å². The van der Waals surface area contributed by atoms with Crippen molar-refractivity contribution in [3.8, 4) is 17.6 Å². The number of ether oxygens (including phenoxy) is 1. The minimum atomic E-state index is -0.749. The number of hydrogen-bond donors (Lipinski definition) is 0. The lowest BCUT2D eigenvalue weighted by Gasteiger charge is -2.09. The molecule has 0 radical (unpaired) electrons. The molecule has 0 heterocycles. The molecule has 0 N–H and O–H groups in total. The van der Waals surface area contributed by atoms with Crippen molar-refractivity contribution in [1.82, 2.24) is 0 Å². The summed E-state index contributed by atoms with van der Waals surface area (Å²) in [5.74, 6) is -0.927. The highest BCUT2D eigenvalue weighted by Gasteiger charge is 2.19. The van der Waals surface area contributed by atoms with E-state index in [0.717, 1.165) is 6.07 Å². The molecule has 2 aromatic carbocycles. The number of halogens is 1. The highest BCUT2D eigenvalue weighted by atomic mass is 19.1. The van der Waals surface area contributed by atoms with Crippen molar-refractivity contribution < 1.29 is 14.1 Å². The molecule has 0 saturated carbocycles. The Morgan fingerprint density at radius 2 is 2.10 bits per heavy atom. The number of nitrogens with zero attached hydrogens (tertiary/aromatic N) is 2. The molecule has 0 unspecified atom stereocenters. The maximum absolute atomic E-state index is 13.7. The lowest BCUT2D eigenvalue weighted by atomic mass is 10.2. The van der Waals surface area contributed by atoms with Gasteiger partial charge in [-0.25, -0.2) is 4.39 Å². The fourth-order valence-corrected chi connectivity index (χ4v) is 1.68. The van der Waals surface area contributed by atoms with Crippen LogP contribution in [0.15, 0.2) is 36.4 Å². The van der Waals surface area contributed by atoms with Crippen molar-refractivity contribution >= 4 is 5.69 Å². The standard InChI is InChI=1S/C14H9FN2O3/c1-9-3-2-4-12(17(18)19)14(9)20-13-6-5-10(8-16)7-11(13)15/h2-7H,1H3. The predicted molar refractivity (Wildman–Crippen MR) is 69.0 cm³/mol. The summed E-state index contributed by atoms with van der Waals surface area (Å²) in [5.41, 5.74) is 0.422. The lowest BCUT2D eigenvalue weighted by Crippen LogP contribution is -1.97. The van der Waals surface area contributed by atoms with Gasteiger partial charge in [0.2, 0.25) is 5.75 Å². The summed E-state index contributed by atoms with van der Waals surface area (Å²) in [6.45, 7) is 1.63. The zero-order chi connectivity index (χ0) is 14.7. The molecular weight excluding hydrogens is 263 g/mol. The second-order valence-corrected chi connectivity index (χ2v) is 4.04. The van der Waals surface area contributed by atoms with E-state index >= 15 is 0 Å². The molecule has 6 heteroatoms. The van der Waals surface area contributed by atoms with Crippen molar-refractivity contribution in [2.24, 2.45) is 0 Å². The number of nitriles is 1. The van der Waals surface area contributed by atoms with Gasteiger partial charge in [-0.15, -0.1) is 0 Å². The van der Waals surface area contributed by atoms with Gasteiger partial charge in [-0.2, -0.15) is 5.26 Å². The molecule has 0 aliphatic heterocycles. The van der Waals surface area contributed by atoms with Gasteiger partial charge < -0.3 is 4.74 Å². The fraction of sp³-hybridized carbons (Fsp3) is 0.0714. The third kappa shape index (κ3) is 2.57. The highest BCUT2D eigenvalue weighted by molar-refractivity contribution is 5.53. The molecule has 0 spiro atoms. The zero-order valence-corrected chi connectivity index (χ0v) is 10.5. The molecule has 0 atom stereocenters. The van der Waals surface area contributed by atoms with E-state index in [4.69, 9.17) is 10.00 Å². The number of nitro benzene ring substituents is 1. The minimum absolute atomic E-state index is 0.0129. The van der Waals surface area contributed by atoms with Gasteiger partial charge in [0.25, 0.3) is 0 Å². The van der Waals surface area contributed by atoms with Gasteiger partial charge in [-0.05, 0) is 30.7 Å². The summed E-state index contributed by atoms with van der Waals surface area (Å²) < 4.78 is 19.0. The van der Waals surface area contributed by atoms with E-state index in [9.17, 15) is 14.5 Å². The summed E-state index contributed by atoms with van der Waals surface area (Å²) >= 11 is 0. The molecule has 0 aliphatic rings. The van der Waals surface area contributed by atoms with Gasteiger partial charge in [-0.1, -0.05) is 12.1 Å². The maximum Gasteiger partial charge on any atom is 0.311 e. The first kappa shape index (κ1) is 13.5. The summed E-state index contributed by atoms with van der Waals surface area (Å²) in [4.78, 5) is 10.3. The molecule has 0 aromatic heterocycles. The Kier molecular flexibility index (Phi) is 3.62. The fourth-order valence-electron chi connectivity index (χ4n) is 1.68. The molecule has 2 aromatic rings. The van der Waals surface area contributed by atoms with E-state index in [0.29, 0.717) is 5.56 Å². The SMILES string of the molecule is Cc1cccc([N+](=O)[O-])c1Oc1ccc(C#N)cc1F. The molecule has 0 fully saturated rings. The summed E-state index contributed by atoms with van der Waals surface area (Å²) in [7, 11) is 0. The van der Waals surface area contributed by atoms with Crippen LogP contribution in [-0.2, 0) is 0 Å². The lowest BCUT2D eigenvalue weighted by molar-refractivity contribution is -0.385. The smallest absolute Gasteiger partial charge is 0.311 e. The molecule has 100 valence electrons. The van der Waals surface area contributed by atoms with E-state index in [-0.39, 0.29) is 22.7 Å². The third-order valence-corrected chi connectivity index (χ3v) is 2.66. The topological polar surface area (TPSA) is 76.2 Å². The van der Waals surface area contributed by atoms with E-state index in [1.165, 1.54) is 24.3 Å². The monoisotopic (exact) mass is 272 g/mol. The van der Waals surface area contributed by atoms with Crippen LogP contribution in [0, 0.1) is 34.2 Å². The van der Waals surface area contributed by atoms with Crippen LogP contribution in [0.1, 0.15) is 11.1 Å². The van der Waals surface area contributed by atoms with Crippen molar-refractivity contribution in [1.29, 1.82) is 5.26 Å². The maximum atomic E-state index is 13.7. The molecule has 5 nitrogen and oxygen atoms in total. The Labute approximate surface area is 114 Å². The van der Waals surface area contributed by atoms with Crippen LogP contribution < -0.4 is 4.74 Å². The number of benzene rings is 2. The normalized spacial score (nSPS) is 9.85. The van der Waals surface area contributed by atoms with E-state index in [2.05, 4.69) is 0 Å². The Morgan fingerprint density at radius 3 is 2.70 bits per heavy atom. The average molecular weight is 272 g/mol. The van der Waals surface area contributed by atoms with Gasteiger partial charge in [0.05, 0.1) is 16.6 Å². The van der Waals surface area contributed by atoms with Gasteiger partial charge in [0.1, 0.15) is 0 Å². The van der Waals surface area contributed by atoms with E-state index in [1.54, 1.807) is 19.1 Å². The van der Waals surface area contributed by atoms with E-state index < -0.39 is 10.7 Å². The zero-order valence-electron chi connectivity index (χ0n) is 10.5. The largest absolute Gasteiger partial charge is 0.447 e. The predicted octanol–water partition coefficient (Wildman–Crippen LogP) is 3.71. The third-order valence-electron chi connectivity index (χ3n) is 2.66. The van der Waals surface area contributed by atoms with Crippen LogP contribution in [0.4, 0.5) is 10.1 Å². The Balaban J connectivity index is 2.45. The van der Waals surface area contributed by atoms with Crippen LogP contribution in [-0.4, -0.2) is 4.92 Å². The quantitative estimate of drug-likeness (QED) is 0.630. The molecule has 0 amide bonds. The number of rotatable bonds is 3. The first-order valence-corrected chi connectivity index (χ1v) is 5.64. The number of hydrogen-bond acceptors (Lipinski definition) is 4. The minimum Gasteiger partial charge on any atom is -0.447 e. The Morgan fingerprint density at radius 1 is 1.35 bits per heavy atom. The Hall–Kier alpha value is -2.94. The molecule has 0 saturated heterocycles. The molecule has 2 rings (SSSR count). The van der Waals surface area contributed by atoms with Crippen molar-refractivity contribution in [3.63, 3.8) is 0 Å². The van der Waals surface area contributed by atoms with Gasteiger partial charge in [0.15, 0.2) is 11.6 Å². The second-order valence-electron chi connectivity index (χ2n) is 4.04. The van der Waals surface area contributed by atoms with Gasteiger partial charge >= 0.3 is 5.69 Å².